The maximum atomic E-state index is 13.3. The number of hydrogen-bond acceptors (Lipinski definition) is 3. The number of aliphatic carboxylic acids is 1. The maximum Gasteiger partial charge on any atom is 0.304 e. The van der Waals surface area contributed by atoms with Crippen LogP contribution in [0.4, 0.5) is 4.39 Å². The highest BCUT2D eigenvalue weighted by Gasteiger charge is 2.11. The summed E-state index contributed by atoms with van der Waals surface area (Å²) in [6.07, 6.45) is 0.0951. The molecule has 0 bridgehead atoms. The van der Waals surface area contributed by atoms with Gasteiger partial charge in [-0.15, -0.1) is 0 Å². The molecule has 0 saturated carbocycles. The van der Waals surface area contributed by atoms with Crippen molar-refractivity contribution >= 4 is 5.97 Å². The lowest BCUT2D eigenvalue weighted by molar-refractivity contribution is -0.137. The van der Waals surface area contributed by atoms with E-state index in [2.05, 4.69) is 0 Å². The van der Waals surface area contributed by atoms with Crippen LogP contribution in [0.1, 0.15) is 20.3 Å². The molecular weight excluding hydrogens is 249 g/mol. The van der Waals surface area contributed by atoms with Gasteiger partial charge in [0.05, 0.1) is 6.42 Å². The van der Waals surface area contributed by atoms with Gasteiger partial charge in [0.1, 0.15) is 6.61 Å². The van der Waals surface area contributed by atoms with Crippen LogP contribution in [0.2, 0.25) is 0 Å². The second-order valence-electron chi connectivity index (χ2n) is 4.55. The average Bonchev–Trinajstić information content (AvgIpc) is 2.34. The second-order valence-corrected chi connectivity index (χ2v) is 4.55. The molecule has 0 unspecified atom stereocenters. The van der Waals surface area contributed by atoms with E-state index in [0.29, 0.717) is 19.7 Å². The summed E-state index contributed by atoms with van der Waals surface area (Å²) in [5.74, 6) is -0.978. The third-order valence-electron chi connectivity index (χ3n) is 2.82. The molecule has 4 nitrogen and oxygen atoms in total. The van der Waals surface area contributed by atoms with E-state index in [1.807, 2.05) is 18.7 Å². The van der Waals surface area contributed by atoms with Gasteiger partial charge < -0.3 is 9.84 Å². The summed E-state index contributed by atoms with van der Waals surface area (Å²) < 4.78 is 18.7. The van der Waals surface area contributed by atoms with E-state index in [4.69, 9.17) is 9.84 Å². The van der Waals surface area contributed by atoms with Crippen molar-refractivity contribution in [2.24, 2.45) is 0 Å². The van der Waals surface area contributed by atoms with E-state index >= 15 is 0 Å². The number of halogens is 1. The summed E-state index contributed by atoms with van der Waals surface area (Å²) >= 11 is 0. The summed E-state index contributed by atoms with van der Waals surface area (Å²) in [7, 11) is 0. The van der Waals surface area contributed by atoms with Crippen molar-refractivity contribution in [3.05, 3.63) is 30.1 Å². The summed E-state index contributed by atoms with van der Waals surface area (Å²) in [6, 6.07) is 6.47. The molecule has 0 saturated heterocycles. The van der Waals surface area contributed by atoms with Gasteiger partial charge in [-0.05, 0) is 26.0 Å². The number of rotatable bonds is 8. The zero-order valence-electron chi connectivity index (χ0n) is 11.3. The van der Waals surface area contributed by atoms with Crippen molar-refractivity contribution in [2.45, 2.75) is 26.3 Å². The van der Waals surface area contributed by atoms with Crippen LogP contribution < -0.4 is 4.74 Å². The quantitative estimate of drug-likeness (QED) is 0.787. The Bertz CT molecular complexity index is 409. The Kier molecular flexibility index (Phi) is 6.29. The van der Waals surface area contributed by atoms with Crippen molar-refractivity contribution in [2.75, 3.05) is 19.7 Å². The SMILES string of the molecule is CC(C)N(CCOc1ccccc1F)CCC(=O)O. The molecule has 0 spiro atoms. The Balaban J connectivity index is 2.40. The molecule has 0 aliphatic heterocycles. The molecule has 0 aliphatic rings. The predicted molar refractivity (Wildman–Crippen MR) is 70.9 cm³/mol. The molecule has 0 fully saturated rings. The highest BCUT2D eigenvalue weighted by molar-refractivity contribution is 5.66. The van der Waals surface area contributed by atoms with Crippen LogP contribution in [-0.4, -0.2) is 41.7 Å². The molecule has 1 N–H and O–H groups in total. The number of carboxylic acids is 1. The van der Waals surface area contributed by atoms with Gasteiger partial charge in [-0.25, -0.2) is 4.39 Å². The van der Waals surface area contributed by atoms with Gasteiger partial charge in [-0.2, -0.15) is 0 Å². The van der Waals surface area contributed by atoms with E-state index in [0.717, 1.165) is 0 Å². The van der Waals surface area contributed by atoms with Gasteiger partial charge in [0.15, 0.2) is 11.6 Å². The number of carbonyl (C=O) groups is 1. The molecular formula is C14H20FNO3. The van der Waals surface area contributed by atoms with Gasteiger partial charge >= 0.3 is 5.97 Å². The fourth-order valence-corrected chi connectivity index (χ4v) is 1.70. The standard InChI is InChI=1S/C14H20FNO3/c1-11(2)16(8-7-14(17)18)9-10-19-13-6-4-3-5-12(13)15/h3-6,11H,7-10H2,1-2H3,(H,17,18). The topological polar surface area (TPSA) is 49.8 Å². The van der Waals surface area contributed by atoms with Crippen molar-refractivity contribution in [3.63, 3.8) is 0 Å². The fraction of sp³-hybridized carbons (Fsp3) is 0.500. The highest BCUT2D eigenvalue weighted by atomic mass is 19.1. The summed E-state index contributed by atoms with van der Waals surface area (Å²) in [5.41, 5.74) is 0. The van der Waals surface area contributed by atoms with Gasteiger partial charge in [0.25, 0.3) is 0 Å². The van der Waals surface area contributed by atoms with E-state index in [9.17, 15) is 9.18 Å². The van der Waals surface area contributed by atoms with Gasteiger partial charge in [0.2, 0.25) is 0 Å². The molecule has 0 radical (unpaired) electrons. The van der Waals surface area contributed by atoms with E-state index < -0.39 is 5.97 Å². The Morgan fingerprint density at radius 2 is 2.05 bits per heavy atom. The summed E-state index contributed by atoms with van der Waals surface area (Å²) in [4.78, 5) is 12.6. The molecule has 0 amide bonds. The number of para-hydroxylation sites is 1. The first-order valence-corrected chi connectivity index (χ1v) is 6.34. The van der Waals surface area contributed by atoms with Crippen molar-refractivity contribution < 1.29 is 19.0 Å². The first kappa shape index (κ1) is 15.4. The van der Waals surface area contributed by atoms with Crippen LogP contribution in [0.15, 0.2) is 24.3 Å². The molecule has 0 heterocycles. The molecule has 5 heteroatoms. The van der Waals surface area contributed by atoms with Crippen LogP contribution >= 0.6 is 0 Å². The lowest BCUT2D eigenvalue weighted by Crippen LogP contribution is -2.36. The van der Waals surface area contributed by atoms with Crippen molar-refractivity contribution in [3.8, 4) is 5.75 Å². The first-order valence-electron chi connectivity index (χ1n) is 6.34. The van der Waals surface area contributed by atoms with Crippen LogP contribution in [0.3, 0.4) is 0 Å². The Labute approximate surface area is 112 Å². The first-order chi connectivity index (χ1) is 9.00. The number of ether oxygens (including phenoxy) is 1. The Hall–Kier alpha value is -1.62. The van der Waals surface area contributed by atoms with E-state index in [1.54, 1.807) is 18.2 Å². The zero-order valence-corrected chi connectivity index (χ0v) is 11.3. The number of benzene rings is 1. The van der Waals surface area contributed by atoms with E-state index in [-0.39, 0.29) is 24.0 Å². The number of nitrogens with zero attached hydrogens (tertiary/aromatic N) is 1. The molecule has 1 aromatic rings. The van der Waals surface area contributed by atoms with Crippen LogP contribution in [0.5, 0.6) is 5.75 Å². The van der Waals surface area contributed by atoms with E-state index in [1.165, 1.54) is 6.07 Å². The smallest absolute Gasteiger partial charge is 0.304 e. The highest BCUT2D eigenvalue weighted by Crippen LogP contribution is 2.15. The largest absolute Gasteiger partial charge is 0.489 e. The minimum Gasteiger partial charge on any atom is -0.489 e. The Morgan fingerprint density at radius 3 is 2.63 bits per heavy atom. The molecule has 0 aliphatic carbocycles. The number of carboxylic acid groups (broad SMARTS) is 1. The van der Waals surface area contributed by atoms with Crippen LogP contribution in [0.25, 0.3) is 0 Å². The molecule has 1 aromatic carbocycles. The normalized spacial score (nSPS) is 11.0. The molecule has 1 rings (SSSR count). The Morgan fingerprint density at radius 1 is 1.37 bits per heavy atom. The van der Waals surface area contributed by atoms with Gasteiger partial charge in [-0.3, -0.25) is 9.69 Å². The second kappa shape index (κ2) is 7.74. The van der Waals surface area contributed by atoms with Crippen LogP contribution in [-0.2, 0) is 4.79 Å². The lowest BCUT2D eigenvalue weighted by Gasteiger charge is -2.25. The van der Waals surface area contributed by atoms with Gasteiger partial charge in [-0.1, -0.05) is 12.1 Å². The molecule has 106 valence electrons. The lowest BCUT2D eigenvalue weighted by atomic mass is 10.3. The fourth-order valence-electron chi connectivity index (χ4n) is 1.70. The van der Waals surface area contributed by atoms with Crippen molar-refractivity contribution in [1.82, 2.24) is 4.90 Å². The minimum atomic E-state index is -0.819. The predicted octanol–water partition coefficient (Wildman–Crippen LogP) is 2.39. The third kappa shape index (κ3) is 5.70. The van der Waals surface area contributed by atoms with Gasteiger partial charge in [0, 0.05) is 19.1 Å². The maximum absolute atomic E-state index is 13.3. The molecule has 19 heavy (non-hydrogen) atoms. The number of hydrogen-bond donors (Lipinski definition) is 1. The summed E-state index contributed by atoms with van der Waals surface area (Å²) in [6.45, 7) is 5.35. The molecule has 0 aromatic heterocycles. The van der Waals surface area contributed by atoms with Crippen LogP contribution in [0, 0.1) is 5.82 Å². The monoisotopic (exact) mass is 269 g/mol. The summed E-state index contributed by atoms with van der Waals surface area (Å²) in [5, 5.41) is 8.68. The minimum absolute atomic E-state index is 0.0951. The average molecular weight is 269 g/mol. The third-order valence-corrected chi connectivity index (χ3v) is 2.82. The molecule has 0 atom stereocenters. The van der Waals surface area contributed by atoms with Crippen molar-refractivity contribution in [1.29, 1.82) is 0 Å². The zero-order chi connectivity index (χ0) is 14.3.